The summed E-state index contributed by atoms with van der Waals surface area (Å²) in [6.45, 7) is 1.89. The topological polar surface area (TPSA) is 50.9 Å². The summed E-state index contributed by atoms with van der Waals surface area (Å²) >= 11 is 2.20. The van der Waals surface area contributed by atoms with Crippen LogP contribution in [0.25, 0.3) is 5.69 Å². The molecule has 5 heteroatoms. The van der Waals surface area contributed by atoms with Gasteiger partial charge < -0.3 is 5.11 Å². The number of aryl methyl sites for hydroxylation is 1. The van der Waals surface area contributed by atoms with Crippen LogP contribution in [0.5, 0.6) is 0 Å². The zero-order chi connectivity index (χ0) is 10.8. The van der Waals surface area contributed by atoms with E-state index in [9.17, 15) is 5.11 Å². The van der Waals surface area contributed by atoms with Crippen molar-refractivity contribution in [3.8, 4) is 5.69 Å². The maximum Gasteiger partial charge on any atom is 0.0734 e. The van der Waals surface area contributed by atoms with Gasteiger partial charge in [0, 0.05) is 23.7 Å². The van der Waals surface area contributed by atoms with Gasteiger partial charge >= 0.3 is 0 Å². The second-order valence-electron chi connectivity index (χ2n) is 3.22. The van der Waals surface area contributed by atoms with Gasteiger partial charge in [-0.2, -0.15) is 5.10 Å². The molecule has 0 bridgehead atoms. The smallest absolute Gasteiger partial charge is 0.0734 e. The first-order valence-electron chi connectivity index (χ1n) is 4.47. The fourth-order valence-corrected chi connectivity index (χ4v) is 1.73. The van der Waals surface area contributed by atoms with Gasteiger partial charge in [-0.05, 0) is 35.6 Å². The molecule has 0 aliphatic heterocycles. The van der Waals surface area contributed by atoms with E-state index in [-0.39, 0.29) is 6.61 Å². The average Bonchev–Trinajstić information content (AvgIpc) is 2.65. The highest BCUT2D eigenvalue weighted by molar-refractivity contribution is 14.1. The number of rotatable bonds is 2. The summed E-state index contributed by atoms with van der Waals surface area (Å²) < 4.78 is 2.81. The van der Waals surface area contributed by atoms with Crippen LogP contribution in [0.2, 0.25) is 0 Å². The Kier molecular flexibility index (Phi) is 3.01. The van der Waals surface area contributed by atoms with E-state index in [4.69, 9.17) is 0 Å². The lowest BCUT2D eigenvalue weighted by Gasteiger charge is -2.07. The van der Waals surface area contributed by atoms with Crippen molar-refractivity contribution in [3.05, 3.63) is 39.5 Å². The van der Waals surface area contributed by atoms with E-state index in [1.165, 1.54) is 0 Å². The number of aliphatic hydroxyl groups is 1. The number of hydrogen-bond donors (Lipinski definition) is 1. The molecule has 0 aliphatic rings. The molecule has 2 aromatic heterocycles. The van der Waals surface area contributed by atoms with Gasteiger partial charge in [-0.3, -0.25) is 4.98 Å². The minimum atomic E-state index is -0.0287. The zero-order valence-electron chi connectivity index (χ0n) is 8.18. The standard InChI is InChI=1S/C10H10IN3O/c1-7-2-10(8(6-15)3-12-7)14-5-9(11)4-13-14/h2-5,15H,6H2,1H3. The van der Waals surface area contributed by atoms with E-state index in [2.05, 4.69) is 32.7 Å². The first kappa shape index (κ1) is 10.6. The quantitative estimate of drug-likeness (QED) is 0.858. The lowest BCUT2D eigenvalue weighted by atomic mass is 10.2. The molecule has 0 saturated heterocycles. The van der Waals surface area contributed by atoms with Gasteiger partial charge in [0.05, 0.1) is 22.1 Å². The molecule has 0 aromatic carbocycles. The second-order valence-corrected chi connectivity index (χ2v) is 4.46. The van der Waals surface area contributed by atoms with Crippen molar-refractivity contribution in [1.82, 2.24) is 14.8 Å². The van der Waals surface area contributed by atoms with Gasteiger partial charge in [0.2, 0.25) is 0 Å². The van der Waals surface area contributed by atoms with Crippen molar-refractivity contribution in [2.24, 2.45) is 0 Å². The molecular weight excluding hydrogens is 305 g/mol. The maximum atomic E-state index is 9.19. The number of halogens is 1. The van der Waals surface area contributed by atoms with Gasteiger partial charge in [-0.15, -0.1) is 0 Å². The molecule has 2 rings (SSSR count). The van der Waals surface area contributed by atoms with Crippen LogP contribution in [-0.4, -0.2) is 19.9 Å². The van der Waals surface area contributed by atoms with Crippen LogP contribution in [0.3, 0.4) is 0 Å². The molecule has 0 fully saturated rings. The molecule has 0 spiro atoms. The van der Waals surface area contributed by atoms with Gasteiger partial charge in [0.25, 0.3) is 0 Å². The molecule has 1 N–H and O–H groups in total. The Morgan fingerprint density at radius 3 is 2.87 bits per heavy atom. The molecule has 15 heavy (non-hydrogen) atoms. The Morgan fingerprint density at radius 1 is 1.47 bits per heavy atom. The molecule has 4 nitrogen and oxygen atoms in total. The van der Waals surface area contributed by atoms with E-state index in [1.807, 2.05) is 19.2 Å². The van der Waals surface area contributed by atoms with E-state index in [0.717, 1.165) is 20.5 Å². The highest BCUT2D eigenvalue weighted by atomic mass is 127. The molecule has 0 amide bonds. The number of aliphatic hydroxyl groups excluding tert-OH is 1. The third kappa shape index (κ3) is 2.18. The third-order valence-electron chi connectivity index (χ3n) is 2.07. The molecule has 78 valence electrons. The van der Waals surface area contributed by atoms with E-state index in [1.54, 1.807) is 17.1 Å². The normalized spacial score (nSPS) is 10.6. The summed E-state index contributed by atoms with van der Waals surface area (Å²) in [5.74, 6) is 0. The molecule has 0 atom stereocenters. The molecule has 0 aliphatic carbocycles. The SMILES string of the molecule is Cc1cc(-n2cc(I)cn2)c(CO)cn1. The minimum Gasteiger partial charge on any atom is -0.392 e. The zero-order valence-corrected chi connectivity index (χ0v) is 10.3. The Bertz CT molecular complexity index is 481. The lowest BCUT2D eigenvalue weighted by molar-refractivity contribution is 0.281. The van der Waals surface area contributed by atoms with E-state index < -0.39 is 0 Å². The van der Waals surface area contributed by atoms with Crippen molar-refractivity contribution in [3.63, 3.8) is 0 Å². The fraction of sp³-hybridized carbons (Fsp3) is 0.200. The van der Waals surface area contributed by atoms with Crippen molar-refractivity contribution < 1.29 is 5.11 Å². The van der Waals surface area contributed by atoms with Crippen LogP contribution >= 0.6 is 22.6 Å². The van der Waals surface area contributed by atoms with Crippen LogP contribution < -0.4 is 0 Å². The summed E-state index contributed by atoms with van der Waals surface area (Å²) in [7, 11) is 0. The molecule has 2 heterocycles. The molecule has 2 aromatic rings. The Morgan fingerprint density at radius 2 is 2.27 bits per heavy atom. The summed E-state index contributed by atoms with van der Waals surface area (Å²) in [5, 5.41) is 13.4. The highest BCUT2D eigenvalue weighted by Crippen LogP contribution is 2.15. The summed E-state index contributed by atoms with van der Waals surface area (Å²) in [6.07, 6.45) is 5.37. The second kappa shape index (κ2) is 4.28. The number of aromatic nitrogens is 3. The van der Waals surface area contributed by atoms with E-state index in [0.29, 0.717) is 0 Å². The summed E-state index contributed by atoms with van der Waals surface area (Å²) in [6, 6.07) is 1.91. The number of nitrogens with zero attached hydrogens (tertiary/aromatic N) is 3. The van der Waals surface area contributed by atoms with Crippen molar-refractivity contribution in [2.75, 3.05) is 0 Å². The first-order chi connectivity index (χ1) is 7.20. The van der Waals surface area contributed by atoms with Gasteiger partial charge in [0.15, 0.2) is 0 Å². The van der Waals surface area contributed by atoms with Gasteiger partial charge in [0.1, 0.15) is 0 Å². The molecule has 0 radical (unpaired) electrons. The summed E-state index contributed by atoms with van der Waals surface area (Å²) in [5.41, 5.74) is 2.57. The van der Waals surface area contributed by atoms with Crippen LogP contribution in [0.4, 0.5) is 0 Å². The molecule has 0 saturated carbocycles. The monoisotopic (exact) mass is 315 g/mol. The largest absolute Gasteiger partial charge is 0.392 e. The maximum absolute atomic E-state index is 9.19. The Hall–Kier alpha value is -0.950. The Balaban J connectivity index is 2.55. The predicted octanol–water partition coefficient (Wildman–Crippen LogP) is 1.67. The minimum absolute atomic E-state index is 0.0287. The summed E-state index contributed by atoms with van der Waals surface area (Å²) in [4.78, 5) is 4.14. The van der Waals surface area contributed by atoms with Gasteiger partial charge in [-0.25, -0.2) is 4.68 Å². The first-order valence-corrected chi connectivity index (χ1v) is 5.55. The van der Waals surface area contributed by atoms with Crippen LogP contribution in [0.15, 0.2) is 24.7 Å². The van der Waals surface area contributed by atoms with Crippen LogP contribution in [-0.2, 0) is 6.61 Å². The number of pyridine rings is 1. The van der Waals surface area contributed by atoms with Gasteiger partial charge in [-0.1, -0.05) is 0 Å². The van der Waals surface area contributed by atoms with Crippen molar-refractivity contribution in [2.45, 2.75) is 13.5 Å². The number of hydrogen-bond acceptors (Lipinski definition) is 3. The van der Waals surface area contributed by atoms with Crippen LogP contribution in [0.1, 0.15) is 11.3 Å². The Labute approximate surface area is 101 Å². The third-order valence-corrected chi connectivity index (χ3v) is 2.62. The lowest BCUT2D eigenvalue weighted by Crippen LogP contribution is -2.02. The molecular formula is C10H10IN3O. The van der Waals surface area contributed by atoms with Crippen molar-refractivity contribution >= 4 is 22.6 Å². The molecule has 0 unspecified atom stereocenters. The van der Waals surface area contributed by atoms with E-state index >= 15 is 0 Å². The predicted molar refractivity (Wildman–Crippen MR) is 64.7 cm³/mol. The fourth-order valence-electron chi connectivity index (χ4n) is 1.34. The average molecular weight is 315 g/mol. The highest BCUT2D eigenvalue weighted by Gasteiger charge is 2.06. The van der Waals surface area contributed by atoms with Crippen LogP contribution in [0, 0.1) is 10.5 Å². The van der Waals surface area contributed by atoms with Crippen molar-refractivity contribution in [1.29, 1.82) is 0 Å².